The van der Waals surface area contributed by atoms with Gasteiger partial charge in [0.05, 0.1) is 0 Å². The maximum Gasteiger partial charge on any atom is 0.352 e. The van der Waals surface area contributed by atoms with Crippen molar-refractivity contribution in [1.29, 1.82) is 0 Å². The number of carboxylic acids is 1. The third-order valence-corrected chi connectivity index (χ3v) is 2.97. The summed E-state index contributed by atoms with van der Waals surface area (Å²) in [4.78, 5) is 11.1. The van der Waals surface area contributed by atoms with Gasteiger partial charge in [0.2, 0.25) is 0 Å². The molecule has 0 radical (unpaired) electrons. The summed E-state index contributed by atoms with van der Waals surface area (Å²) in [6.45, 7) is 4.13. The number of benzene rings is 1. The van der Waals surface area contributed by atoms with E-state index in [1.807, 2.05) is 6.92 Å². The molecule has 4 heteroatoms. The zero-order chi connectivity index (χ0) is 13.3. The number of hydrogen-bond acceptors (Lipinski definition) is 1. The number of hydrogen-bond donors (Lipinski definition) is 1. The minimum atomic E-state index is -0.957. The van der Waals surface area contributed by atoms with Crippen LogP contribution in [0, 0.1) is 12.7 Å². The molecule has 0 aliphatic heterocycles. The molecule has 0 saturated carbocycles. The Balaban J connectivity index is 2.57. The predicted molar refractivity (Wildman–Crippen MR) is 67.2 cm³/mol. The lowest BCUT2D eigenvalue weighted by molar-refractivity contribution is 0.0685. The molecule has 0 amide bonds. The monoisotopic (exact) mass is 247 g/mol. The van der Waals surface area contributed by atoms with E-state index in [1.54, 1.807) is 35.8 Å². The Hall–Kier alpha value is -2.10. The molecule has 0 fully saturated rings. The second kappa shape index (κ2) is 4.64. The van der Waals surface area contributed by atoms with E-state index < -0.39 is 5.97 Å². The van der Waals surface area contributed by atoms with Gasteiger partial charge >= 0.3 is 5.97 Å². The normalized spacial score (nSPS) is 10.6. The van der Waals surface area contributed by atoms with E-state index in [9.17, 15) is 9.18 Å². The van der Waals surface area contributed by atoms with Gasteiger partial charge in [-0.3, -0.25) is 0 Å². The first kappa shape index (κ1) is 12.4. The van der Waals surface area contributed by atoms with Crippen molar-refractivity contribution < 1.29 is 14.3 Å². The van der Waals surface area contributed by atoms with Crippen molar-refractivity contribution in [1.82, 2.24) is 4.57 Å². The molecule has 0 saturated heterocycles. The van der Waals surface area contributed by atoms with Gasteiger partial charge in [-0.15, -0.1) is 0 Å². The molecule has 0 atom stereocenters. The van der Waals surface area contributed by atoms with E-state index >= 15 is 0 Å². The van der Waals surface area contributed by atoms with Gasteiger partial charge < -0.3 is 9.67 Å². The maximum absolute atomic E-state index is 13.2. The lowest BCUT2D eigenvalue weighted by Gasteiger charge is -2.10. The van der Waals surface area contributed by atoms with Crippen LogP contribution in [0.15, 0.2) is 30.3 Å². The van der Waals surface area contributed by atoms with Crippen molar-refractivity contribution in [3.05, 3.63) is 47.4 Å². The summed E-state index contributed by atoms with van der Waals surface area (Å²) in [5.74, 6) is -1.21. The first-order chi connectivity index (χ1) is 8.54. The highest BCUT2D eigenvalue weighted by atomic mass is 19.1. The van der Waals surface area contributed by atoms with Crippen LogP contribution in [0.2, 0.25) is 0 Å². The second-order valence-electron chi connectivity index (χ2n) is 4.12. The number of halogens is 1. The average Bonchev–Trinajstić information content (AvgIpc) is 2.76. The molecule has 0 aliphatic rings. The largest absolute Gasteiger partial charge is 0.477 e. The fraction of sp³-hybridized carbons (Fsp3) is 0.214. The minimum Gasteiger partial charge on any atom is -0.477 e. The molecule has 0 spiro atoms. The summed E-state index contributed by atoms with van der Waals surface area (Å²) in [6, 6.07) is 8.11. The molecule has 3 nitrogen and oxygen atoms in total. The Labute approximate surface area is 104 Å². The zero-order valence-corrected chi connectivity index (χ0v) is 10.3. The number of carbonyl (C=O) groups is 1. The molecule has 18 heavy (non-hydrogen) atoms. The standard InChI is InChI=1S/C14H14FNO2/c1-3-16-12(6-7-13(16)14(17)18)10-4-5-11(15)9(2)8-10/h4-8H,3H2,1-2H3,(H,17,18). The number of rotatable bonds is 3. The summed E-state index contributed by atoms with van der Waals surface area (Å²) in [5, 5.41) is 9.07. The summed E-state index contributed by atoms with van der Waals surface area (Å²) in [6.07, 6.45) is 0. The van der Waals surface area contributed by atoms with Gasteiger partial charge in [-0.1, -0.05) is 0 Å². The molecular formula is C14H14FNO2. The molecule has 2 rings (SSSR count). The fourth-order valence-corrected chi connectivity index (χ4v) is 2.05. The summed E-state index contributed by atoms with van der Waals surface area (Å²) in [7, 11) is 0. The minimum absolute atomic E-state index is 0.245. The van der Waals surface area contributed by atoms with Crippen molar-refractivity contribution >= 4 is 5.97 Å². The van der Waals surface area contributed by atoms with Crippen LogP contribution < -0.4 is 0 Å². The topological polar surface area (TPSA) is 42.2 Å². The molecule has 94 valence electrons. The van der Waals surface area contributed by atoms with Crippen molar-refractivity contribution in [2.75, 3.05) is 0 Å². The highest BCUT2D eigenvalue weighted by Gasteiger charge is 2.14. The Morgan fingerprint density at radius 3 is 2.61 bits per heavy atom. The lowest BCUT2D eigenvalue weighted by atomic mass is 10.1. The summed E-state index contributed by atoms with van der Waals surface area (Å²) in [5.41, 5.74) is 2.41. The van der Waals surface area contributed by atoms with Crippen molar-refractivity contribution in [2.24, 2.45) is 0 Å². The fourth-order valence-electron chi connectivity index (χ4n) is 2.05. The van der Waals surface area contributed by atoms with E-state index in [1.165, 1.54) is 6.07 Å². The van der Waals surface area contributed by atoms with Gasteiger partial charge in [0, 0.05) is 12.2 Å². The Morgan fingerprint density at radius 1 is 1.33 bits per heavy atom. The van der Waals surface area contributed by atoms with Crippen LogP contribution in [-0.2, 0) is 6.54 Å². The van der Waals surface area contributed by atoms with E-state index in [0.29, 0.717) is 12.1 Å². The van der Waals surface area contributed by atoms with Crippen LogP contribution in [0.1, 0.15) is 23.0 Å². The van der Waals surface area contributed by atoms with E-state index in [-0.39, 0.29) is 11.5 Å². The molecule has 0 aliphatic carbocycles. The van der Waals surface area contributed by atoms with Gasteiger partial charge in [-0.05, 0) is 55.3 Å². The molecule has 1 N–H and O–H groups in total. The van der Waals surface area contributed by atoms with Crippen molar-refractivity contribution in [3.63, 3.8) is 0 Å². The van der Waals surface area contributed by atoms with Gasteiger partial charge in [0.1, 0.15) is 11.5 Å². The first-order valence-electron chi connectivity index (χ1n) is 5.74. The SMILES string of the molecule is CCn1c(C(=O)O)ccc1-c1ccc(F)c(C)c1. The van der Waals surface area contributed by atoms with Crippen LogP contribution in [0.25, 0.3) is 11.3 Å². The van der Waals surface area contributed by atoms with Crippen LogP contribution in [0.3, 0.4) is 0 Å². The summed E-state index contributed by atoms with van der Waals surface area (Å²) >= 11 is 0. The number of aromatic carboxylic acids is 1. The van der Waals surface area contributed by atoms with Gasteiger partial charge in [0.15, 0.2) is 0 Å². The Bertz CT molecular complexity index is 602. The van der Waals surface area contributed by atoms with Gasteiger partial charge in [0.25, 0.3) is 0 Å². The van der Waals surface area contributed by atoms with Crippen molar-refractivity contribution in [3.8, 4) is 11.3 Å². The number of nitrogens with zero attached hydrogens (tertiary/aromatic N) is 1. The second-order valence-corrected chi connectivity index (χ2v) is 4.12. The lowest BCUT2D eigenvalue weighted by Crippen LogP contribution is -2.08. The van der Waals surface area contributed by atoms with Crippen LogP contribution in [-0.4, -0.2) is 15.6 Å². The van der Waals surface area contributed by atoms with E-state index in [0.717, 1.165) is 11.3 Å². The Kier molecular flexibility index (Phi) is 3.19. The highest BCUT2D eigenvalue weighted by Crippen LogP contribution is 2.24. The van der Waals surface area contributed by atoms with Gasteiger partial charge in [-0.25, -0.2) is 9.18 Å². The van der Waals surface area contributed by atoms with Gasteiger partial charge in [-0.2, -0.15) is 0 Å². The number of carboxylic acid groups (broad SMARTS) is 1. The smallest absolute Gasteiger partial charge is 0.352 e. The quantitative estimate of drug-likeness (QED) is 0.904. The maximum atomic E-state index is 13.2. The van der Waals surface area contributed by atoms with Crippen LogP contribution in [0.4, 0.5) is 4.39 Å². The summed E-state index contributed by atoms with van der Waals surface area (Å²) < 4.78 is 14.9. The molecule has 0 unspecified atom stereocenters. The molecule has 1 aromatic carbocycles. The third kappa shape index (κ3) is 2.01. The number of aromatic nitrogens is 1. The highest BCUT2D eigenvalue weighted by molar-refractivity contribution is 5.87. The first-order valence-corrected chi connectivity index (χ1v) is 5.74. The van der Waals surface area contributed by atoms with E-state index in [2.05, 4.69) is 0 Å². The average molecular weight is 247 g/mol. The molecule has 1 heterocycles. The van der Waals surface area contributed by atoms with Crippen LogP contribution in [0.5, 0.6) is 0 Å². The molecule has 0 bridgehead atoms. The molecule has 2 aromatic rings. The predicted octanol–water partition coefficient (Wildman–Crippen LogP) is 3.32. The van der Waals surface area contributed by atoms with Crippen LogP contribution >= 0.6 is 0 Å². The van der Waals surface area contributed by atoms with Crippen molar-refractivity contribution in [2.45, 2.75) is 20.4 Å². The number of aryl methyl sites for hydroxylation is 1. The zero-order valence-electron chi connectivity index (χ0n) is 10.3. The Morgan fingerprint density at radius 2 is 2.06 bits per heavy atom. The van der Waals surface area contributed by atoms with E-state index in [4.69, 9.17) is 5.11 Å². The molecule has 1 aromatic heterocycles. The third-order valence-electron chi connectivity index (χ3n) is 2.97. The molecular weight excluding hydrogens is 233 g/mol.